The normalized spacial score (nSPS) is 42.3. The van der Waals surface area contributed by atoms with Gasteiger partial charge in [-0.15, -0.1) is 11.6 Å². The fraction of sp³-hybridized carbons (Fsp3) is 0.861. The third kappa shape index (κ3) is 5.88. The van der Waals surface area contributed by atoms with Crippen molar-refractivity contribution in [2.75, 3.05) is 5.88 Å². The number of alkyl halides is 1. The standard InChI is InChI=1S/C36H57ClO8/c1-19(2)11-10-12-22(31(41)42)27-23-13-14-26-34(7)16-15-24(39)20(3)28(34)29(45-32(43)33(5,6)18-37)30(40)36(26,9)35(23,8)17-25(27)44-21(4)38/h19-20,23-26,28-30,39-40H,10-18H2,1-9H3,(H,41,42)/b27-22-. The summed E-state index contributed by atoms with van der Waals surface area (Å²) in [5.41, 5.74) is -1.81. The van der Waals surface area contributed by atoms with Gasteiger partial charge < -0.3 is 24.8 Å². The SMILES string of the molecule is CC(=O)OC1CC2(C)C(CCC3C4(C)CCC(O)C(C)C4C(OC(=O)C(C)(C)CCl)C(O)C32C)/C1=C(\CCCC(C)C)C(=O)O. The third-order valence-electron chi connectivity index (χ3n) is 13.0. The predicted molar refractivity (Wildman–Crippen MR) is 172 cm³/mol. The Morgan fingerprint density at radius 3 is 2.27 bits per heavy atom. The van der Waals surface area contributed by atoms with E-state index in [1.807, 2.05) is 6.92 Å². The van der Waals surface area contributed by atoms with Gasteiger partial charge in [-0.25, -0.2) is 4.79 Å². The van der Waals surface area contributed by atoms with Gasteiger partial charge in [0.1, 0.15) is 12.2 Å². The Kier molecular flexibility index (Phi) is 10.3. The number of hydrogen-bond donors (Lipinski definition) is 3. The van der Waals surface area contributed by atoms with Gasteiger partial charge in [0, 0.05) is 29.7 Å². The topological polar surface area (TPSA) is 130 Å². The number of halogens is 1. The van der Waals surface area contributed by atoms with Gasteiger partial charge in [0.2, 0.25) is 0 Å². The van der Waals surface area contributed by atoms with E-state index in [4.69, 9.17) is 21.1 Å². The molecular formula is C36H57ClO8. The van der Waals surface area contributed by atoms with Crippen molar-refractivity contribution in [1.29, 1.82) is 0 Å². The van der Waals surface area contributed by atoms with Crippen molar-refractivity contribution in [2.45, 2.75) is 138 Å². The lowest BCUT2D eigenvalue weighted by Gasteiger charge is -2.70. The number of ether oxygens (including phenoxy) is 2. The summed E-state index contributed by atoms with van der Waals surface area (Å²) in [5.74, 6) is -2.16. The Morgan fingerprint density at radius 2 is 1.71 bits per heavy atom. The van der Waals surface area contributed by atoms with Gasteiger partial charge >= 0.3 is 17.9 Å². The number of aliphatic carboxylic acids is 1. The van der Waals surface area contributed by atoms with E-state index in [0.29, 0.717) is 42.7 Å². The number of carbonyl (C=O) groups excluding carboxylic acids is 2. The summed E-state index contributed by atoms with van der Waals surface area (Å²) >= 11 is 6.18. The number of esters is 2. The first-order chi connectivity index (χ1) is 20.8. The van der Waals surface area contributed by atoms with Gasteiger partial charge in [-0.05, 0) is 98.9 Å². The van der Waals surface area contributed by atoms with Crippen LogP contribution in [0.2, 0.25) is 0 Å². The number of carboxylic acid groups (broad SMARTS) is 1. The number of carboxylic acids is 1. The highest BCUT2D eigenvalue weighted by atomic mass is 35.5. The number of hydrogen-bond acceptors (Lipinski definition) is 7. The maximum atomic E-state index is 13.6. The van der Waals surface area contributed by atoms with Crippen molar-refractivity contribution in [3.63, 3.8) is 0 Å². The molecular weight excluding hydrogens is 596 g/mol. The molecule has 0 bridgehead atoms. The maximum absolute atomic E-state index is 13.6. The Bertz CT molecular complexity index is 1200. The minimum Gasteiger partial charge on any atom is -0.478 e. The summed E-state index contributed by atoms with van der Waals surface area (Å²) in [6.07, 6.45) is 1.89. The Morgan fingerprint density at radius 1 is 1.07 bits per heavy atom. The van der Waals surface area contributed by atoms with Crippen LogP contribution in [0.4, 0.5) is 0 Å². The highest BCUT2D eigenvalue weighted by Gasteiger charge is 2.74. The first-order valence-corrected chi connectivity index (χ1v) is 17.6. The van der Waals surface area contributed by atoms with Gasteiger partial charge in [-0.1, -0.05) is 48.0 Å². The summed E-state index contributed by atoms with van der Waals surface area (Å²) < 4.78 is 12.3. The van der Waals surface area contributed by atoms with E-state index in [2.05, 4.69) is 34.6 Å². The Balaban J connectivity index is 1.89. The molecule has 0 aromatic carbocycles. The molecule has 0 radical (unpaired) electrons. The first-order valence-electron chi connectivity index (χ1n) is 17.0. The zero-order chi connectivity index (χ0) is 33.9. The fourth-order valence-electron chi connectivity index (χ4n) is 10.5. The zero-order valence-corrected chi connectivity index (χ0v) is 29.6. The average Bonchev–Trinajstić information content (AvgIpc) is 3.23. The van der Waals surface area contributed by atoms with Gasteiger partial charge in [0.05, 0.1) is 17.6 Å². The molecule has 4 saturated carbocycles. The number of aliphatic hydroxyl groups is 2. The molecule has 4 aliphatic carbocycles. The largest absolute Gasteiger partial charge is 0.478 e. The molecule has 11 unspecified atom stereocenters. The number of fused-ring (bicyclic) bond motifs is 5. The lowest BCUT2D eigenvalue weighted by atomic mass is 9.35. The quantitative estimate of drug-likeness (QED) is 0.146. The molecule has 4 rings (SSSR count). The summed E-state index contributed by atoms with van der Waals surface area (Å²) in [6, 6.07) is 0. The lowest BCUT2D eigenvalue weighted by molar-refractivity contribution is -0.290. The van der Waals surface area contributed by atoms with Gasteiger partial charge in [0.15, 0.2) is 0 Å². The van der Waals surface area contributed by atoms with Gasteiger partial charge in [-0.2, -0.15) is 0 Å². The molecule has 0 heterocycles. The molecule has 0 aromatic heterocycles. The van der Waals surface area contributed by atoms with Crippen LogP contribution < -0.4 is 0 Å². The van der Waals surface area contributed by atoms with Gasteiger partial charge in [0.25, 0.3) is 0 Å². The molecule has 4 fully saturated rings. The van der Waals surface area contributed by atoms with Crippen LogP contribution in [0.15, 0.2) is 11.1 Å². The first kappa shape index (κ1) is 36.2. The summed E-state index contributed by atoms with van der Waals surface area (Å²) in [5, 5.41) is 34.2. The van der Waals surface area contributed by atoms with Crippen molar-refractivity contribution >= 4 is 29.5 Å². The molecule has 3 N–H and O–H groups in total. The van der Waals surface area contributed by atoms with Crippen LogP contribution in [0.1, 0.15) is 114 Å². The van der Waals surface area contributed by atoms with Crippen molar-refractivity contribution in [3.05, 3.63) is 11.1 Å². The average molecular weight is 653 g/mol. The Hall–Kier alpha value is -1.64. The van der Waals surface area contributed by atoms with E-state index in [1.165, 1.54) is 6.92 Å². The van der Waals surface area contributed by atoms with E-state index < -0.39 is 58.6 Å². The number of aliphatic hydroxyl groups excluding tert-OH is 2. The second-order valence-corrected chi connectivity index (χ2v) is 16.8. The molecule has 11 atom stereocenters. The molecule has 45 heavy (non-hydrogen) atoms. The third-order valence-corrected chi connectivity index (χ3v) is 13.7. The van der Waals surface area contributed by atoms with E-state index in [-0.39, 0.29) is 35.0 Å². The van der Waals surface area contributed by atoms with Crippen molar-refractivity contribution < 1.29 is 39.2 Å². The highest BCUT2D eigenvalue weighted by molar-refractivity contribution is 6.19. The summed E-state index contributed by atoms with van der Waals surface area (Å²) in [4.78, 5) is 38.9. The molecule has 9 heteroatoms. The molecule has 0 spiro atoms. The van der Waals surface area contributed by atoms with Crippen molar-refractivity contribution in [1.82, 2.24) is 0 Å². The van der Waals surface area contributed by atoms with Gasteiger partial charge in [-0.3, -0.25) is 9.59 Å². The smallest absolute Gasteiger partial charge is 0.331 e. The second-order valence-electron chi connectivity index (χ2n) is 16.5. The van der Waals surface area contributed by atoms with Crippen LogP contribution in [0, 0.1) is 51.2 Å². The van der Waals surface area contributed by atoms with Crippen molar-refractivity contribution in [2.24, 2.45) is 51.2 Å². The fourth-order valence-corrected chi connectivity index (χ4v) is 10.6. The van der Waals surface area contributed by atoms with Crippen LogP contribution in [-0.4, -0.2) is 63.5 Å². The summed E-state index contributed by atoms with van der Waals surface area (Å²) in [6.45, 7) is 17.5. The van der Waals surface area contributed by atoms with Crippen molar-refractivity contribution in [3.8, 4) is 0 Å². The Labute approximate surface area is 274 Å². The predicted octanol–water partition coefficient (Wildman–Crippen LogP) is 6.53. The van der Waals surface area contributed by atoms with Crippen LogP contribution in [0.3, 0.4) is 0 Å². The molecule has 256 valence electrons. The molecule has 8 nitrogen and oxygen atoms in total. The zero-order valence-electron chi connectivity index (χ0n) is 28.8. The monoisotopic (exact) mass is 652 g/mol. The van der Waals surface area contributed by atoms with E-state index >= 15 is 0 Å². The molecule has 0 saturated heterocycles. The van der Waals surface area contributed by atoms with E-state index in [9.17, 15) is 29.7 Å². The highest BCUT2D eigenvalue weighted by Crippen LogP contribution is 2.74. The lowest BCUT2D eigenvalue weighted by Crippen LogP contribution is -2.72. The van der Waals surface area contributed by atoms with Crippen LogP contribution in [0.25, 0.3) is 0 Å². The van der Waals surface area contributed by atoms with Crippen LogP contribution >= 0.6 is 11.6 Å². The van der Waals surface area contributed by atoms with E-state index in [1.54, 1.807) is 13.8 Å². The molecule has 0 aromatic rings. The number of carbonyl (C=O) groups is 3. The molecule has 0 aliphatic heterocycles. The second kappa shape index (κ2) is 12.8. The van der Waals surface area contributed by atoms with E-state index in [0.717, 1.165) is 25.7 Å². The minimum absolute atomic E-state index is 0.00346. The van der Waals surface area contributed by atoms with Crippen LogP contribution in [0.5, 0.6) is 0 Å². The molecule has 4 aliphatic rings. The maximum Gasteiger partial charge on any atom is 0.331 e. The summed E-state index contributed by atoms with van der Waals surface area (Å²) in [7, 11) is 0. The number of rotatable bonds is 9. The van der Waals surface area contributed by atoms with Crippen LogP contribution in [-0.2, 0) is 23.9 Å². The minimum atomic E-state index is -1.09. The molecule has 0 amide bonds.